The van der Waals surface area contributed by atoms with Crippen LogP contribution in [0.5, 0.6) is 0 Å². The van der Waals surface area contributed by atoms with Crippen molar-refractivity contribution in [1.82, 2.24) is 0 Å². The fraction of sp³-hybridized carbons (Fsp3) is 0.829. The van der Waals surface area contributed by atoms with Crippen LogP contribution in [-0.4, -0.2) is 0 Å². The van der Waals surface area contributed by atoms with E-state index in [2.05, 4.69) is 73.3 Å². The predicted molar refractivity (Wildman–Crippen MR) is 157 cm³/mol. The SMILES string of the molecule is C=C(CCC(C)CCC1CC2(CCCCC2)CCC(C)[C@@H]1[C@@H](C)CC)C1C=CC(C(C)(C)C)=CC1. The molecule has 0 heterocycles. The van der Waals surface area contributed by atoms with E-state index in [-0.39, 0.29) is 5.41 Å². The fourth-order valence-corrected chi connectivity index (χ4v) is 8.07. The summed E-state index contributed by atoms with van der Waals surface area (Å²) in [6.45, 7) is 21.6. The zero-order chi connectivity index (χ0) is 25.6. The zero-order valence-corrected chi connectivity index (χ0v) is 24.8. The summed E-state index contributed by atoms with van der Waals surface area (Å²) in [7, 11) is 0. The summed E-state index contributed by atoms with van der Waals surface area (Å²) in [5.41, 5.74) is 3.90. The van der Waals surface area contributed by atoms with Crippen LogP contribution in [0.3, 0.4) is 0 Å². The van der Waals surface area contributed by atoms with Crippen molar-refractivity contribution in [2.45, 2.75) is 138 Å². The van der Waals surface area contributed by atoms with Crippen LogP contribution in [0.25, 0.3) is 0 Å². The molecule has 1 spiro atoms. The third-order valence-electron chi connectivity index (χ3n) is 10.7. The second-order valence-corrected chi connectivity index (χ2v) is 14.5. The summed E-state index contributed by atoms with van der Waals surface area (Å²) in [4.78, 5) is 0. The van der Waals surface area contributed by atoms with Gasteiger partial charge in [0.25, 0.3) is 0 Å². The van der Waals surface area contributed by atoms with E-state index in [1.54, 1.807) is 6.42 Å². The van der Waals surface area contributed by atoms with Crippen LogP contribution < -0.4 is 0 Å². The van der Waals surface area contributed by atoms with Crippen molar-refractivity contribution in [3.63, 3.8) is 0 Å². The first-order valence-electron chi connectivity index (χ1n) is 15.6. The molecule has 3 rings (SSSR count). The lowest BCUT2D eigenvalue weighted by atomic mass is 9.65. The third kappa shape index (κ3) is 7.85. The summed E-state index contributed by atoms with van der Waals surface area (Å²) < 4.78 is 0. The van der Waals surface area contributed by atoms with Crippen LogP contribution in [-0.2, 0) is 0 Å². The van der Waals surface area contributed by atoms with Crippen LogP contribution in [0.15, 0.2) is 36.0 Å². The topological polar surface area (TPSA) is 0 Å². The van der Waals surface area contributed by atoms with Crippen molar-refractivity contribution in [2.24, 2.45) is 46.3 Å². The zero-order valence-electron chi connectivity index (χ0n) is 24.8. The Kier molecular flexibility index (Phi) is 10.4. The standard InChI is InChI=1S/C35H60/c1-9-27(3)33-29(5)21-24-35(22-11-10-12-23-35)25-31(33)16-14-26(2)13-15-28(4)30-17-19-32(20-18-30)34(6,7)8/h17,19-20,26-27,29-31,33H,4,9-16,18,21-25H2,1-3,5-8H3/t26?,27-,29?,30?,31?,33-/m0/s1. The molecule has 6 atom stereocenters. The van der Waals surface area contributed by atoms with E-state index >= 15 is 0 Å². The molecule has 0 amide bonds. The highest BCUT2D eigenvalue weighted by molar-refractivity contribution is 5.31. The van der Waals surface area contributed by atoms with Gasteiger partial charge in [-0.2, -0.15) is 0 Å². The highest BCUT2D eigenvalue weighted by Gasteiger charge is 2.42. The Bertz CT molecular complexity index is 722. The molecule has 0 aliphatic heterocycles. The van der Waals surface area contributed by atoms with E-state index in [1.165, 1.54) is 88.2 Å². The smallest absolute Gasteiger partial charge is 0.00120 e. The number of allylic oxidation sites excluding steroid dienone is 5. The Balaban J connectivity index is 1.54. The van der Waals surface area contributed by atoms with Crippen molar-refractivity contribution in [3.05, 3.63) is 36.0 Å². The van der Waals surface area contributed by atoms with Crippen LogP contribution in [0.2, 0.25) is 0 Å². The Morgan fingerprint density at radius 2 is 1.80 bits per heavy atom. The molecule has 0 N–H and O–H groups in total. The van der Waals surface area contributed by atoms with Crippen LogP contribution in [0.4, 0.5) is 0 Å². The average molecular weight is 481 g/mol. The van der Waals surface area contributed by atoms with Crippen LogP contribution in [0, 0.1) is 46.3 Å². The van der Waals surface area contributed by atoms with Gasteiger partial charge in [0.15, 0.2) is 0 Å². The quantitative estimate of drug-likeness (QED) is 0.288. The van der Waals surface area contributed by atoms with Gasteiger partial charge in [0.2, 0.25) is 0 Å². The molecule has 0 heteroatoms. The lowest BCUT2D eigenvalue weighted by molar-refractivity contribution is 0.0997. The van der Waals surface area contributed by atoms with E-state index in [1.807, 2.05) is 0 Å². The van der Waals surface area contributed by atoms with Crippen molar-refractivity contribution < 1.29 is 0 Å². The molecule has 0 aromatic heterocycles. The molecule has 3 aliphatic rings. The summed E-state index contributed by atoms with van der Waals surface area (Å²) >= 11 is 0. The average Bonchev–Trinajstić information content (AvgIpc) is 2.97. The molecule has 0 nitrogen and oxygen atoms in total. The van der Waals surface area contributed by atoms with E-state index < -0.39 is 0 Å². The van der Waals surface area contributed by atoms with Gasteiger partial charge in [0.05, 0.1) is 0 Å². The highest BCUT2D eigenvalue weighted by Crippen LogP contribution is 2.53. The van der Waals surface area contributed by atoms with Gasteiger partial charge in [-0.3, -0.25) is 0 Å². The molecule has 0 radical (unpaired) electrons. The van der Waals surface area contributed by atoms with Crippen molar-refractivity contribution in [3.8, 4) is 0 Å². The van der Waals surface area contributed by atoms with E-state index in [0.29, 0.717) is 11.3 Å². The van der Waals surface area contributed by atoms with Gasteiger partial charge in [-0.05, 0) is 104 Å². The van der Waals surface area contributed by atoms with Gasteiger partial charge in [0.1, 0.15) is 0 Å². The fourth-order valence-electron chi connectivity index (χ4n) is 8.07. The largest absolute Gasteiger partial charge is 0.0993 e. The van der Waals surface area contributed by atoms with Gasteiger partial charge in [-0.25, -0.2) is 0 Å². The molecule has 200 valence electrons. The molecular formula is C35H60. The van der Waals surface area contributed by atoms with Gasteiger partial charge in [0, 0.05) is 5.92 Å². The van der Waals surface area contributed by atoms with Crippen molar-refractivity contribution in [2.75, 3.05) is 0 Å². The second-order valence-electron chi connectivity index (χ2n) is 14.5. The van der Waals surface area contributed by atoms with Gasteiger partial charge < -0.3 is 0 Å². The summed E-state index contributed by atoms with van der Waals surface area (Å²) in [6, 6.07) is 0. The van der Waals surface area contributed by atoms with E-state index in [4.69, 9.17) is 0 Å². The minimum atomic E-state index is 0.260. The molecule has 0 aromatic carbocycles. The molecule has 35 heavy (non-hydrogen) atoms. The van der Waals surface area contributed by atoms with Gasteiger partial charge in [-0.15, -0.1) is 0 Å². The third-order valence-corrected chi connectivity index (χ3v) is 10.7. The first-order chi connectivity index (χ1) is 16.5. The normalized spacial score (nSPS) is 31.0. The maximum absolute atomic E-state index is 4.53. The molecule has 2 saturated carbocycles. The molecule has 3 aliphatic carbocycles. The van der Waals surface area contributed by atoms with Gasteiger partial charge >= 0.3 is 0 Å². The Morgan fingerprint density at radius 1 is 1.09 bits per heavy atom. The number of hydrogen-bond acceptors (Lipinski definition) is 0. The molecule has 4 unspecified atom stereocenters. The second kappa shape index (κ2) is 12.6. The first kappa shape index (κ1) is 28.8. The molecule has 0 bridgehead atoms. The predicted octanol–water partition coefficient (Wildman–Crippen LogP) is 11.3. The Morgan fingerprint density at radius 3 is 2.40 bits per heavy atom. The highest BCUT2D eigenvalue weighted by atomic mass is 14.5. The van der Waals surface area contributed by atoms with Gasteiger partial charge in [-0.1, -0.05) is 111 Å². The minimum Gasteiger partial charge on any atom is -0.0993 e. The lowest BCUT2D eigenvalue weighted by Crippen LogP contribution is -2.30. The van der Waals surface area contributed by atoms with E-state index in [0.717, 1.165) is 36.0 Å². The molecule has 0 saturated heterocycles. The Labute approximate surface area is 220 Å². The van der Waals surface area contributed by atoms with E-state index in [9.17, 15) is 0 Å². The van der Waals surface area contributed by atoms with Crippen molar-refractivity contribution in [1.29, 1.82) is 0 Å². The number of hydrogen-bond donors (Lipinski definition) is 0. The summed E-state index contributed by atoms with van der Waals surface area (Å²) in [6.07, 6.45) is 27.3. The van der Waals surface area contributed by atoms with Crippen molar-refractivity contribution >= 4 is 0 Å². The summed E-state index contributed by atoms with van der Waals surface area (Å²) in [5, 5.41) is 0. The number of rotatable bonds is 9. The monoisotopic (exact) mass is 480 g/mol. The first-order valence-corrected chi connectivity index (χ1v) is 15.6. The lowest BCUT2D eigenvalue weighted by Gasteiger charge is -2.41. The van der Waals surface area contributed by atoms with Crippen LogP contribution >= 0.6 is 0 Å². The molecule has 0 aromatic rings. The maximum Gasteiger partial charge on any atom is 0.00120 e. The van der Waals surface area contributed by atoms with Crippen LogP contribution in [0.1, 0.15) is 138 Å². The summed E-state index contributed by atoms with van der Waals surface area (Å²) in [5.74, 6) is 5.06. The Hall–Kier alpha value is -0.780. The minimum absolute atomic E-state index is 0.260. The molecular weight excluding hydrogens is 420 g/mol. The molecule has 2 fully saturated rings. The maximum atomic E-state index is 4.53.